The fraction of sp³-hybridized carbons (Fsp3) is 0.429. The molecule has 0 radical (unpaired) electrons. The third kappa shape index (κ3) is 2.04. The van der Waals surface area contributed by atoms with Crippen molar-refractivity contribution in [2.24, 2.45) is 5.41 Å². The van der Waals surface area contributed by atoms with Crippen molar-refractivity contribution < 1.29 is 14.3 Å². The van der Waals surface area contributed by atoms with Crippen molar-refractivity contribution >= 4 is 5.91 Å². The van der Waals surface area contributed by atoms with Crippen molar-refractivity contribution in [2.45, 2.75) is 13.0 Å². The number of fused-ring (bicyclic) bond motifs is 1. The van der Waals surface area contributed by atoms with Gasteiger partial charge in [-0.25, -0.2) is 0 Å². The first-order valence-electron chi connectivity index (χ1n) is 6.25. The summed E-state index contributed by atoms with van der Waals surface area (Å²) in [6.07, 6.45) is 0.910. The third-order valence-corrected chi connectivity index (χ3v) is 3.55. The molecule has 1 N–H and O–H groups in total. The Morgan fingerprint density at radius 1 is 1.47 bits per heavy atom. The lowest BCUT2D eigenvalue weighted by Crippen LogP contribution is -2.52. The van der Waals surface area contributed by atoms with Crippen LogP contribution in [-0.2, 0) is 22.5 Å². The number of carbonyl (C=O) groups is 1. The predicted molar refractivity (Wildman–Crippen MR) is 66.4 cm³/mol. The minimum Gasteiger partial charge on any atom is -0.493 e. The van der Waals surface area contributed by atoms with Gasteiger partial charge >= 0.3 is 0 Å². The Hall–Kier alpha value is -2.06. The van der Waals surface area contributed by atoms with Gasteiger partial charge in [0.1, 0.15) is 5.75 Å². The maximum atomic E-state index is 11.9. The summed E-state index contributed by atoms with van der Waals surface area (Å²) in [5.41, 5.74) is 1.21. The number of rotatable bonds is 3. The van der Waals surface area contributed by atoms with Gasteiger partial charge in [-0.2, -0.15) is 5.26 Å². The van der Waals surface area contributed by atoms with E-state index in [2.05, 4.69) is 5.32 Å². The molecular weight excluding hydrogens is 244 g/mol. The largest absolute Gasteiger partial charge is 0.493 e. The molecule has 0 aliphatic carbocycles. The summed E-state index contributed by atoms with van der Waals surface area (Å²) >= 11 is 0. The molecule has 1 amide bonds. The van der Waals surface area contributed by atoms with Gasteiger partial charge in [0.05, 0.1) is 25.9 Å². The fourth-order valence-corrected chi connectivity index (χ4v) is 2.25. The average Bonchev–Trinajstić information content (AvgIpc) is 2.83. The second-order valence-electron chi connectivity index (χ2n) is 4.91. The van der Waals surface area contributed by atoms with Crippen molar-refractivity contribution in [3.8, 4) is 11.8 Å². The van der Waals surface area contributed by atoms with Crippen LogP contribution in [0.15, 0.2) is 18.2 Å². The standard InChI is InChI=1S/C14H14N2O3/c15-7-14(8-18-9-14)13(17)16-6-10-1-2-12-11(5-10)3-4-19-12/h1-2,5H,3-4,6,8-9H2,(H,16,17). The minimum absolute atomic E-state index is 0.188. The van der Waals surface area contributed by atoms with Crippen LogP contribution in [0.4, 0.5) is 0 Å². The van der Waals surface area contributed by atoms with Crippen molar-refractivity contribution in [1.29, 1.82) is 5.26 Å². The normalized spacial score (nSPS) is 18.7. The second kappa shape index (κ2) is 4.56. The highest BCUT2D eigenvalue weighted by atomic mass is 16.5. The van der Waals surface area contributed by atoms with E-state index in [4.69, 9.17) is 14.7 Å². The molecule has 5 heteroatoms. The molecule has 0 unspecified atom stereocenters. The SMILES string of the molecule is N#CC1(C(=O)NCc2ccc3c(c2)CCO3)COC1. The molecule has 0 atom stereocenters. The van der Waals surface area contributed by atoms with E-state index in [1.165, 1.54) is 5.56 Å². The number of hydrogen-bond donors (Lipinski definition) is 1. The minimum atomic E-state index is -0.986. The number of ether oxygens (including phenoxy) is 2. The van der Waals surface area contributed by atoms with Gasteiger partial charge in [0.2, 0.25) is 5.91 Å². The van der Waals surface area contributed by atoms with Crippen LogP contribution in [0.25, 0.3) is 0 Å². The van der Waals surface area contributed by atoms with Crippen LogP contribution >= 0.6 is 0 Å². The maximum Gasteiger partial charge on any atom is 0.245 e. The van der Waals surface area contributed by atoms with Crippen molar-refractivity contribution in [1.82, 2.24) is 5.32 Å². The van der Waals surface area contributed by atoms with Gasteiger partial charge in [-0.15, -0.1) is 0 Å². The molecule has 2 aliphatic heterocycles. The summed E-state index contributed by atoms with van der Waals surface area (Å²) in [4.78, 5) is 11.9. The molecule has 3 rings (SSSR count). The molecule has 98 valence electrons. The molecule has 0 spiro atoms. The number of amides is 1. The third-order valence-electron chi connectivity index (χ3n) is 3.55. The van der Waals surface area contributed by atoms with Crippen molar-refractivity contribution in [3.05, 3.63) is 29.3 Å². The number of carbonyl (C=O) groups excluding carboxylic acids is 1. The van der Waals surface area contributed by atoms with Crippen molar-refractivity contribution in [2.75, 3.05) is 19.8 Å². The molecule has 0 saturated carbocycles. The first-order valence-corrected chi connectivity index (χ1v) is 6.25. The zero-order valence-corrected chi connectivity index (χ0v) is 10.4. The Morgan fingerprint density at radius 2 is 2.32 bits per heavy atom. The van der Waals surface area contributed by atoms with Crippen molar-refractivity contribution in [3.63, 3.8) is 0 Å². The van der Waals surface area contributed by atoms with Crippen LogP contribution < -0.4 is 10.1 Å². The van der Waals surface area contributed by atoms with Crippen LogP contribution in [0.3, 0.4) is 0 Å². The number of nitrogens with zero attached hydrogens (tertiary/aromatic N) is 1. The first-order chi connectivity index (χ1) is 9.23. The Labute approximate surface area is 111 Å². The van der Waals surface area contributed by atoms with E-state index in [0.717, 1.165) is 24.3 Å². The van der Waals surface area contributed by atoms with E-state index < -0.39 is 5.41 Å². The van der Waals surface area contributed by atoms with E-state index in [1.807, 2.05) is 24.3 Å². The molecule has 1 aromatic rings. The molecule has 0 aromatic heterocycles. The summed E-state index contributed by atoms with van der Waals surface area (Å²) in [6, 6.07) is 7.93. The number of nitrogens with one attached hydrogen (secondary N) is 1. The smallest absolute Gasteiger partial charge is 0.245 e. The molecule has 1 fully saturated rings. The van der Waals surface area contributed by atoms with Gasteiger partial charge in [0, 0.05) is 13.0 Å². The summed E-state index contributed by atoms with van der Waals surface area (Å²) in [7, 11) is 0. The van der Waals surface area contributed by atoms with E-state index in [1.54, 1.807) is 0 Å². The quantitative estimate of drug-likeness (QED) is 0.869. The Morgan fingerprint density at radius 3 is 3.00 bits per heavy atom. The van der Waals surface area contributed by atoms with Gasteiger partial charge in [-0.05, 0) is 17.2 Å². The van der Waals surface area contributed by atoms with Crippen LogP contribution in [0.2, 0.25) is 0 Å². The van der Waals surface area contributed by atoms with Gasteiger partial charge in [-0.1, -0.05) is 12.1 Å². The number of hydrogen-bond acceptors (Lipinski definition) is 4. The summed E-state index contributed by atoms with van der Waals surface area (Å²) in [6.45, 7) is 1.52. The maximum absolute atomic E-state index is 11.9. The molecule has 0 bridgehead atoms. The van der Waals surface area contributed by atoms with E-state index in [-0.39, 0.29) is 19.1 Å². The molecule has 2 aliphatic rings. The molecule has 1 saturated heterocycles. The summed E-state index contributed by atoms with van der Waals surface area (Å²) in [5.74, 6) is 0.675. The zero-order valence-electron chi connectivity index (χ0n) is 10.4. The van der Waals surface area contributed by atoms with Gasteiger partial charge in [-0.3, -0.25) is 4.79 Å². The lowest BCUT2D eigenvalue weighted by molar-refractivity contribution is -0.150. The van der Waals surface area contributed by atoms with E-state index >= 15 is 0 Å². The molecular formula is C14H14N2O3. The monoisotopic (exact) mass is 258 g/mol. The van der Waals surface area contributed by atoms with Gasteiger partial charge in [0.25, 0.3) is 0 Å². The number of nitriles is 1. The van der Waals surface area contributed by atoms with Gasteiger partial charge in [0.15, 0.2) is 5.41 Å². The van der Waals surface area contributed by atoms with Crippen LogP contribution in [0, 0.1) is 16.7 Å². The van der Waals surface area contributed by atoms with E-state index in [9.17, 15) is 4.79 Å². The Balaban J connectivity index is 1.64. The zero-order chi connectivity index (χ0) is 13.3. The predicted octanol–water partition coefficient (Wildman–Crippen LogP) is 0.778. The van der Waals surface area contributed by atoms with E-state index in [0.29, 0.717) is 6.54 Å². The lowest BCUT2D eigenvalue weighted by Gasteiger charge is -2.33. The van der Waals surface area contributed by atoms with Gasteiger partial charge < -0.3 is 14.8 Å². The second-order valence-corrected chi connectivity index (χ2v) is 4.91. The molecule has 2 heterocycles. The first kappa shape index (κ1) is 12.0. The summed E-state index contributed by atoms with van der Waals surface area (Å²) in [5, 5.41) is 11.8. The summed E-state index contributed by atoms with van der Waals surface area (Å²) < 4.78 is 10.4. The lowest BCUT2D eigenvalue weighted by atomic mass is 9.87. The average molecular weight is 258 g/mol. The molecule has 19 heavy (non-hydrogen) atoms. The highest BCUT2D eigenvalue weighted by Crippen LogP contribution is 2.28. The highest BCUT2D eigenvalue weighted by Gasteiger charge is 2.46. The van der Waals surface area contributed by atoms with Crippen LogP contribution in [-0.4, -0.2) is 25.7 Å². The molecule has 1 aromatic carbocycles. The highest BCUT2D eigenvalue weighted by molar-refractivity contribution is 5.86. The number of benzene rings is 1. The Bertz CT molecular complexity index is 558. The Kier molecular flexibility index (Phi) is 2.88. The fourth-order valence-electron chi connectivity index (χ4n) is 2.25. The van der Waals surface area contributed by atoms with Crippen LogP contribution in [0.1, 0.15) is 11.1 Å². The van der Waals surface area contributed by atoms with Crippen LogP contribution in [0.5, 0.6) is 5.75 Å². The topological polar surface area (TPSA) is 71.4 Å². The molecule has 5 nitrogen and oxygen atoms in total.